The van der Waals surface area contributed by atoms with Crippen LogP contribution < -0.4 is 5.14 Å². The van der Waals surface area contributed by atoms with Crippen LogP contribution in [0.25, 0.3) is 0 Å². The number of hydrogen-bond acceptors (Lipinski definition) is 3. The number of carbonyl (C=O) groups excluding carboxylic acids is 1. The molecule has 0 radical (unpaired) electrons. The second-order valence-electron chi connectivity index (χ2n) is 5.19. The third-order valence-corrected chi connectivity index (χ3v) is 3.89. The zero-order valence-corrected chi connectivity index (χ0v) is 12.9. The highest BCUT2D eigenvalue weighted by atomic mass is 32.2. The van der Waals surface area contributed by atoms with Crippen LogP contribution in [-0.4, -0.2) is 32.8 Å². The molecule has 1 aromatic rings. The Balaban J connectivity index is 3.21. The molecule has 1 aromatic carbocycles. The zero-order chi connectivity index (χ0) is 16.4. The first-order valence-corrected chi connectivity index (χ1v) is 7.86. The molecule has 0 aliphatic rings. The fraction of sp³-hybridized carbons (Fsp3) is 0.462. The highest BCUT2D eigenvalue weighted by Gasteiger charge is 2.27. The van der Waals surface area contributed by atoms with Crippen LogP contribution in [0.1, 0.15) is 30.6 Å². The minimum absolute atomic E-state index is 0.301. The lowest BCUT2D eigenvalue weighted by Gasteiger charge is -2.19. The molecule has 0 bridgehead atoms. The number of benzene rings is 1. The minimum atomic E-state index is -4.37. The molecule has 2 N–H and O–H groups in total. The third-order valence-electron chi connectivity index (χ3n) is 2.96. The van der Waals surface area contributed by atoms with E-state index in [1.807, 2.05) is 13.8 Å². The predicted octanol–water partition coefficient (Wildman–Crippen LogP) is 1.73. The number of carbonyl (C=O) groups is 1. The van der Waals surface area contributed by atoms with Crippen LogP contribution in [0, 0.1) is 17.6 Å². The maximum absolute atomic E-state index is 14.1. The lowest BCUT2D eigenvalue weighted by atomic mass is 10.1. The molecule has 0 heterocycles. The van der Waals surface area contributed by atoms with Gasteiger partial charge in [-0.15, -0.1) is 0 Å². The van der Waals surface area contributed by atoms with E-state index in [9.17, 15) is 22.0 Å². The molecule has 0 fully saturated rings. The summed E-state index contributed by atoms with van der Waals surface area (Å²) < 4.78 is 50.2. The fourth-order valence-electron chi connectivity index (χ4n) is 1.69. The minimum Gasteiger partial charge on any atom is -0.342 e. The summed E-state index contributed by atoms with van der Waals surface area (Å²) in [6, 6.07) is 1.41. The van der Waals surface area contributed by atoms with Crippen molar-refractivity contribution in [3.8, 4) is 0 Å². The number of sulfonamides is 1. The summed E-state index contributed by atoms with van der Waals surface area (Å²) in [5.74, 6) is -3.19. The molecule has 0 spiro atoms. The fourth-order valence-corrected chi connectivity index (χ4v) is 2.30. The smallest absolute Gasteiger partial charge is 0.259 e. The van der Waals surface area contributed by atoms with Crippen LogP contribution in [-0.2, 0) is 10.0 Å². The van der Waals surface area contributed by atoms with E-state index in [2.05, 4.69) is 0 Å². The van der Waals surface area contributed by atoms with Crippen molar-refractivity contribution in [3.63, 3.8) is 0 Å². The van der Waals surface area contributed by atoms with Gasteiger partial charge in [-0.2, -0.15) is 0 Å². The Morgan fingerprint density at radius 2 is 1.90 bits per heavy atom. The van der Waals surface area contributed by atoms with Crippen LogP contribution in [0.4, 0.5) is 8.78 Å². The van der Waals surface area contributed by atoms with Crippen molar-refractivity contribution in [3.05, 3.63) is 29.3 Å². The summed E-state index contributed by atoms with van der Waals surface area (Å²) in [4.78, 5) is 12.3. The van der Waals surface area contributed by atoms with Gasteiger partial charge in [0.05, 0.1) is 0 Å². The second kappa shape index (κ2) is 6.48. The number of rotatable bonds is 5. The molecular formula is C13H18F2N2O3S. The number of amides is 1. The summed E-state index contributed by atoms with van der Waals surface area (Å²) in [5.41, 5.74) is -0.909. The molecular weight excluding hydrogens is 302 g/mol. The summed E-state index contributed by atoms with van der Waals surface area (Å²) in [6.07, 6.45) is 0.653. The van der Waals surface area contributed by atoms with Crippen LogP contribution in [0.15, 0.2) is 17.0 Å². The van der Waals surface area contributed by atoms with E-state index in [4.69, 9.17) is 5.14 Å². The molecule has 0 unspecified atom stereocenters. The van der Waals surface area contributed by atoms with Gasteiger partial charge in [-0.05, 0) is 24.5 Å². The highest BCUT2D eigenvalue weighted by molar-refractivity contribution is 7.89. The molecule has 5 nitrogen and oxygen atoms in total. The molecule has 0 saturated heterocycles. The number of primary sulfonamides is 1. The van der Waals surface area contributed by atoms with E-state index >= 15 is 0 Å². The summed E-state index contributed by atoms with van der Waals surface area (Å²) in [5, 5.41) is 4.84. The maximum Gasteiger partial charge on any atom is 0.259 e. The first kappa shape index (κ1) is 17.5. The van der Waals surface area contributed by atoms with E-state index in [1.165, 1.54) is 7.05 Å². The Bertz CT molecular complexity index is 645. The van der Waals surface area contributed by atoms with Crippen molar-refractivity contribution in [2.75, 3.05) is 13.6 Å². The molecule has 118 valence electrons. The molecule has 0 aromatic heterocycles. The second-order valence-corrected chi connectivity index (χ2v) is 6.72. The van der Waals surface area contributed by atoms with E-state index in [0.29, 0.717) is 31.0 Å². The lowest BCUT2D eigenvalue weighted by molar-refractivity contribution is 0.0778. The average Bonchev–Trinajstić information content (AvgIpc) is 2.33. The number of nitrogens with two attached hydrogens (primary N) is 1. The Hall–Kier alpha value is -1.54. The van der Waals surface area contributed by atoms with Crippen LogP contribution in [0.2, 0.25) is 0 Å². The van der Waals surface area contributed by atoms with E-state index < -0.39 is 38.0 Å². The van der Waals surface area contributed by atoms with Crippen LogP contribution in [0.5, 0.6) is 0 Å². The maximum atomic E-state index is 14.1. The molecule has 0 aliphatic heterocycles. The third kappa shape index (κ3) is 4.21. The van der Waals surface area contributed by atoms with Gasteiger partial charge in [0.1, 0.15) is 16.3 Å². The largest absolute Gasteiger partial charge is 0.342 e. The molecule has 0 saturated carbocycles. The number of hydrogen-bond donors (Lipinski definition) is 1. The Morgan fingerprint density at radius 3 is 2.38 bits per heavy atom. The van der Waals surface area contributed by atoms with Crippen LogP contribution >= 0.6 is 0 Å². The van der Waals surface area contributed by atoms with Crippen molar-refractivity contribution in [2.45, 2.75) is 25.2 Å². The topological polar surface area (TPSA) is 80.5 Å². The zero-order valence-electron chi connectivity index (χ0n) is 12.1. The van der Waals surface area contributed by atoms with Crippen molar-refractivity contribution in [1.82, 2.24) is 4.90 Å². The van der Waals surface area contributed by atoms with Crippen molar-refractivity contribution < 1.29 is 22.0 Å². The summed E-state index contributed by atoms with van der Waals surface area (Å²) in [7, 11) is -2.97. The normalized spacial score (nSPS) is 11.8. The SMILES string of the molecule is CC(C)CCN(C)C(=O)c1c(F)ccc(S(N)(=O)=O)c1F. The highest BCUT2D eigenvalue weighted by Crippen LogP contribution is 2.21. The summed E-state index contributed by atoms with van der Waals surface area (Å²) >= 11 is 0. The van der Waals surface area contributed by atoms with Gasteiger partial charge < -0.3 is 4.90 Å². The first-order chi connectivity index (χ1) is 9.55. The Labute approximate surface area is 122 Å². The van der Waals surface area contributed by atoms with E-state index in [-0.39, 0.29) is 0 Å². The van der Waals surface area contributed by atoms with Crippen molar-refractivity contribution in [2.24, 2.45) is 11.1 Å². The van der Waals surface area contributed by atoms with Gasteiger partial charge in [-0.1, -0.05) is 13.8 Å². The monoisotopic (exact) mass is 320 g/mol. The molecule has 1 rings (SSSR count). The quantitative estimate of drug-likeness (QED) is 0.897. The standard InChI is InChI=1S/C13H18F2N2O3S/c1-8(2)6-7-17(3)13(18)11-9(14)4-5-10(12(11)15)21(16,19)20/h4-5,8H,6-7H2,1-3H3,(H2,16,19,20). The molecule has 8 heteroatoms. The summed E-state index contributed by atoms with van der Waals surface area (Å²) in [6.45, 7) is 4.19. The van der Waals surface area contributed by atoms with Gasteiger partial charge >= 0.3 is 0 Å². The van der Waals surface area contributed by atoms with Gasteiger partial charge in [0, 0.05) is 13.6 Å². The van der Waals surface area contributed by atoms with Gasteiger partial charge in [0.25, 0.3) is 5.91 Å². The van der Waals surface area contributed by atoms with Gasteiger partial charge in [-0.25, -0.2) is 22.3 Å². The predicted molar refractivity (Wildman–Crippen MR) is 74.1 cm³/mol. The number of nitrogens with zero attached hydrogens (tertiary/aromatic N) is 1. The number of halogens is 2. The van der Waals surface area contributed by atoms with Crippen molar-refractivity contribution >= 4 is 15.9 Å². The van der Waals surface area contributed by atoms with E-state index in [1.54, 1.807) is 0 Å². The Morgan fingerprint density at radius 1 is 1.33 bits per heavy atom. The molecule has 0 aliphatic carbocycles. The molecule has 0 atom stereocenters. The van der Waals surface area contributed by atoms with Gasteiger partial charge in [-0.3, -0.25) is 4.79 Å². The molecule has 1 amide bonds. The van der Waals surface area contributed by atoms with E-state index in [0.717, 1.165) is 4.90 Å². The van der Waals surface area contributed by atoms with Crippen molar-refractivity contribution in [1.29, 1.82) is 0 Å². The Kier molecular flexibility index (Phi) is 5.41. The van der Waals surface area contributed by atoms with Gasteiger partial charge in [0.2, 0.25) is 10.0 Å². The molecule has 21 heavy (non-hydrogen) atoms. The first-order valence-electron chi connectivity index (χ1n) is 6.32. The van der Waals surface area contributed by atoms with Gasteiger partial charge in [0.15, 0.2) is 5.82 Å². The lowest BCUT2D eigenvalue weighted by Crippen LogP contribution is -2.30. The average molecular weight is 320 g/mol. The van der Waals surface area contributed by atoms with Crippen LogP contribution in [0.3, 0.4) is 0 Å².